The van der Waals surface area contributed by atoms with Gasteiger partial charge in [0.25, 0.3) is 0 Å². The van der Waals surface area contributed by atoms with Crippen molar-refractivity contribution in [2.45, 2.75) is 26.0 Å². The number of ether oxygens (including phenoxy) is 1. The summed E-state index contributed by atoms with van der Waals surface area (Å²) in [4.78, 5) is 16.6. The van der Waals surface area contributed by atoms with E-state index in [2.05, 4.69) is 20.9 Å². The number of carbonyl (C=O) groups excluding carboxylic acids is 1. The third-order valence-electron chi connectivity index (χ3n) is 3.62. The van der Waals surface area contributed by atoms with Crippen LogP contribution in [-0.2, 0) is 9.53 Å². The number of anilines is 3. The average molecular weight is 332 g/mol. The number of hydrogen-bond acceptors (Lipinski definition) is 6. The Balaban J connectivity index is 1.59. The van der Waals surface area contributed by atoms with Gasteiger partial charge in [-0.2, -0.15) is 0 Å². The van der Waals surface area contributed by atoms with E-state index < -0.39 is 0 Å². The van der Waals surface area contributed by atoms with Crippen molar-refractivity contribution in [3.05, 3.63) is 35.3 Å². The third-order valence-corrected chi connectivity index (χ3v) is 4.50. The quantitative estimate of drug-likeness (QED) is 0.802. The molecule has 1 aliphatic heterocycles. The standard InChI is InChI=1S/C16H20N4O2S/c1-10-9-23-16(18-10)20-13-5-3-12(4-6-13)19-15(21)14-11(2)22-8-7-17-14/h3-6,9,11,14,17H,7-8H2,1-2H3,(H,18,20)(H,19,21)/t11-,14+/m1/s1. The molecule has 6 nitrogen and oxygen atoms in total. The summed E-state index contributed by atoms with van der Waals surface area (Å²) in [6, 6.07) is 7.26. The van der Waals surface area contributed by atoms with Crippen LogP contribution in [0.3, 0.4) is 0 Å². The zero-order valence-corrected chi connectivity index (χ0v) is 13.9. The fraction of sp³-hybridized carbons (Fsp3) is 0.375. The maximum Gasteiger partial charge on any atom is 0.244 e. The second-order valence-electron chi connectivity index (χ2n) is 5.49. The molecule has 3 N–H and O–H groups in total. The summed E-state index contributed by atoms with van der Waals surface area (Å²) < 4.78 is 5.50. The smallest absolute Gasteiger partial charge is 0.244 e. The first-order chi connectivity index (χ1) is 11.1. The summed E-state index contributed by atoms with van der Waals surface area (Å²) in [5, 5.41) is 12.2. The summed E-state index contributed by atoms with van der Waals surface area (Å²) >= 11 is 1.56. The number of hydrogen-bond donors (Lipinski definition) is 3. The molecule has 3 rings (SSSR count). The Morgan fingerprint density at radius 3 is 2.74 bits per heavy atom. The van der Waals surface area contributed by atoms with Crippen LogP contribution in [-0.4, -0.2) is 36.2 Å². The lowest BCUT2D eigenvalue weighted by Crippen LogP contribution is -2.53. The average Bonchev–Trinajstić information content (AvgIpc) is 2.95. The molecule has 1 saturated heterocycles. The van der Waals surface area contributed by atoms with Crippen molar-refractivity contribution >= 4 is 33.8 Å². The summed E-state index contributed by atoms with van der Waals surface area (Å²) in [6.45, 7) is 5.20. The molecule has 0 aliphatic carbocycles. The van der Waals surface area contributed by atoms with E-state index in [-0.39, 0.29) is 18.1 Å². The second kappa shape index (κ2) is 7.08. The molecule has 1 fully saturated rings. The highest BCUT2D eigenvalue weighted by atomic mass is 32.1. The van der Waals surface area contributed by atoms with Gasteiger partial charge in [0, 0.05) is 23.3 Å². The molecule has 0 spiro atoms. The summed E-state index contributed by atoms with van der Waals surface area (Å²) in [7, 11) is 0. The molecule has 1 aromatic carbocycles. The van der Waals surface area contributed by atoms with Crippen molar-refractivity contribution in [2.24, 2.45) is 0 Å². The van der Waals surface area contributed by atoms with E-state index >= 15 is 0 Å². The van der Waals surface area contributed by atoms with Gasteiger partial charge in [-0.1, -0.05) is 0 Å². The van der Waals surface area contributed by atoms with Crippen LogP contribution in [0.5, 0.6) is 0 Å². The van der Waals surface area contributed by atoms with Crippen LogP contribution in [0.15, 0.2) is 29.6 Å². The van der Waals surface area contributed by atoms with Crippen molar-refractivity contribution in [3.63, 3.8) is 0 Å². The highest BCUT2D eigenvalue weighted by Gasteiger charge is 2.28. The Hall–Kier alpha value is -1.96. The topological polar surface area (TPSA) is 75.3 Å². The number of rotatable bonds is 4. The van der Waals surface area contributed by atoms with E-state index in [1.54, 1.807) is 11.3 Å². The minimum Gasteiger partial charge on any atom is -0.375 e. The van der Waals surface area contributed by atoms with Crippen LogP contribution >= 0.6 is 11.3 Å². The molecule has 0 bridgehead atoms. The molecule has 1 amide bonds. The number of benzene rings is 1. The number of aromatic nitrogens is 1. The van der Waals surface area contributed by atoms with E-state index in [9.17, 15) is 4.79 Å². The van der Waals surface area contributed by atoms with Gasteiger partial charge in [-0.25, -0.2) is 4.98 Å². The Bertz CT molecular complexity index is 671. The Kier molecular flexibility index (Phi) is 4.90. The highest BCUT2D eigenvalue weighted by molar-refractivity contribution is 7.13. The molecule has 23 heavy (non-hydrogen) atoms. The number of aryl methyl sites for hydroxylation is 1. The van der Waals surface area contributed by atoms with Gasteiger partial charge in [0.1, 0.15) is 6.04 Å². The van der Waals surface area contributed by atoms with E-state index in [1.165, 1.54) is 0 Å². The fourth-order valence-electron chi connectivity index (χ4n) is 2.42. The lowest BCUT2D eigenvalue weighted by molar-refractivity contribution is -0.123. The SMILES string of the molecule is Cc1csc(Nc2ccc(NC(=O)[C@H]3NCCO[C@@H]3C)cc2)n1. The minimum absolute atomic E-state index is 0.0755. The number of morpholine rings is 1. The normalized spacial score (nSPS) is 21.0. The van der Waals surface area contributed by atoms with Gasteiger partial charge in [-0.3, -0.25) is 4.79 Å². The molecule has 2 heterocycles. The predicted molar refractivity (Wildman–Crippen MR) is 92.4 cm³/mol. The van der Waals surface area contributed by atoms with E-state index in [0.29, 0.717) is 13.2 Å². The van der Waals surface area contributed by atoms with Gasteiger partial charge in [-0.15, -0.1) is 11.3 Å². The molecule has 7 heteroatoms. The van der Waals surface area contributed by atoms with Crippen molar-refractivity contribution in [1.29, 1.82) is 0 Å². The molecule has 1 aromatic heterocycles. The maximum atomic E-state index is 12.3. The van der Waals surface area contributed by atoms with E-state index in [4.69, 9.17) is 4.74 Å². The molecular formula is C16H20N4O2S. The van der Waals surface area contributed by atoms with Gasteiger partial charge >= 0.3 is 0 Å². The van der Waals surface area contributed by atoms with Crippen LogP contribution in [0.1, 0.15) is 12.6 Å². The largest absolute Gasteiger partial charge is 0.375 e. The molecule has 0 unspecified atom stereocenters. The molecule has 2 aromatic rings. The van der Waals surface area contributed by atoms with E-state index in [1.807, 2.05) is 43.5 Å². The molecule has 1 aliphatic rings. The van der Waals surface area contributed by atoms with Crippen molar-refractivity contribution in [2.75, 3.05) is 23.8 Å². The molecule has 0 saturated carbocycles. The zero-order valence-electron chi connectivity index (χ0n) is 13.1. The van der Waals surface area contributed by atoms with Crippen LogP contribution in [0.25, 0.3) is 0 Å². The lowest BCUT2D eigenvalue weighted by atomic mass is 10.1. The van der Waals surface area contributed by atoms with Crippen LogP contribution < -0.4 is 16.0 Å². The summed E-state index contributed by atoms with van der Waals surface area (Å²) in [5.74, 6) is -0.0755. The van der Waals surface area contributed by atoms with Gasteiger partial charge in [0.2, 0.25) is 5.91 Å². The van der Waals surface area contributed by atoms with Gasteiger partial charge in [-0.05, 0) is 38.1 Å². The highest BCUT2D eigenvalue weighted by Crippen LogP contribution is 2.22. The number of nitrogens with one attached hydrogen (secondary N) is 3. The van der Waals surface area contributed by atoms with Gasteiger partial charge in [0.05, 0.1) is 18.4 Å². The van der Waals surface area contributed by atoms with Crippen LogP contribution in [0, 0.1) is 6.92 Å². The monoisotopic (exact) mass is 332 g/mol. The summed E-state index contributed by atoms with van der Waals surface area (Å²) in [6.07, 6.45) is -0.127. The minimum atomic E-state index is -0.320. The van der Waals surface area contributed by atoms with Crippen LogP contribution in [0.2, 0.25) is 0 Å². The van der Waals surface area contributed by atoms with Crippen molar-refractivity contribution in [1.82, 2.24) is 10.3 Å². The predicted octanol–water partition coefficient (Wildman–Crippen LogP) is 2.51. The Morgan fingerprint density at radius 1 is 1.35 bits per heavy atom. The second-order valence-corrected chi connectivity index (χ2v) is 6.35. The third kappa shape index (κ3) is 4.07. The number of thiazole rings is 1. The molecule has 0 radical (unpaired) electrons. The first-order valence-corrected chi connectivity index (χ1v) is 8.45. The summed E-state index contributed by atoms with van der Waals surface area (Å²) in [5.41, 5.74) is 2.69. The molecular weight excluding hydrogens is 312 g/mol. The fourth-order valence-corrected chi connectivity index (χ4v) is 3.13. The first-order valence-electron chi connectivity index (χ1n) is 7.57. The van der Waals surface area contributed by atoms with Gasteiger partial charge < -0.3 is 20.7 Å². The Labute approximate surface area is 139 Å². The lowest BCUT2D eigenvalue weighted by Gasteiger charge is -2.29. The number of nitrogens with zero attached hydrogens (tertiary/aromatic N) is 1. The van der Waals surface area contributed by atoms with Gasteiger partial charge in [0.15, 0.2) is 5.13 Å². The zero-order chi connectivity index (χ0) is 16.2. The molecule has 122 valence electrons. The van der Waals surface area contributed by atoms with Crippen molar-refractivity contribution in [3.8, 4) is 0 Å². The molecule has 2 atom stereocenters. The van der Waals surface area contributed by atoms with E-state index in [0.717, 1.165) is 22.2 Å². The Morgan fingerprint density at radius 2 is 2.09 bits per heavy atom. The van der Waals surface area contributed by atoms with Crippen molar-refractivity contribution < 1.29 is 9.53 Å². The number of carbonyl (C=O) groups is 1. The first kappa shape index (κ1) is 15.9. The maximum absolute atomic E-state index is 12.3. The number of amides is 1. The van der Waals surface area contributed by atoms with Crippen LogP contribution in [0.4, 0.5) is 16.5 Å².